The number of hydrogen-bond acceptors (Lipinski definition) is 4. The van der Waals surface area contributed by atoms with Gasteiger partial charge in [-0.2, -0.15) is 0 Å². The van der Waals surface area contributed by atoms with Crippen LogP contribution in [0.4, 0.5) is 0 Å². The van der Waals surface area contributed by atoms with Gasteiger partial charge in [-0.15, -0.1) is 11.8 Å². The molecule has 70 valence electrons. The molecule has 0 aliphatic rings. The normalized spacial score (nSPS) is 12.5. The molecule has 0 unspecified atom stereocenters. The molecule has 3 N–H and O–H groups in total. The van der Waals surface area contributed by atoms with Gasteiger partial charge in [-0.3, -0.25) is 9.59 Å². The molecule has 0 spiro atoms. The Morgan fingerprint density at radius 2 is 2.17 bits per heavy atom. The molecule has 0 saturated carbocycles. The van der Waals surface area contributed by atoms with Crippen LogP contribution in [0.3, 0.4) is 0 Å². The maximum Gasteiger partial charge on any atom is 0.227 e. The summed E-state index contributed by atoms with van der Waals surface area (Å²) in [4.78, 5) is 21.2. The Labute approximate surface area is 76.3 Å². The molecule has 0 aromatic carbocycles. The second-order valence-electron chi connectivity index (χ2n) is 2.43. The van der Waals surface area contributed by atoms with E-state index in [1.54, 1.807) is 7.05 Å². The molecule has 0 saturated heterocycles. The Morgan fingerprint density at radius 1 is 1.58 bits per heavy atom. The van der Waals surface area contributed by atoms with E-state index in [0.29, 0.717) is 5.75 Å². The largest absolute Gasteiger partial charge is 0.369 e. The molecule has 0 heterocycles. The van der Waals surface area contributed by atoms with Crippen molar-refractivity contribution < 1.29 is 9.59 Å². The van der Waals surface area contributed by atoms with Crippen molar-refractivity contribution in [3.05, 3.63) is 0 Å². The zero-order valence-corrected chi connectivity index (χ0v) is 8.11. The molecule has 0 radical (unpaired) electrons. The van der Waals surface area contributed by atoms with Gasteiger partial charge in [0.05, 0.1) is 11.8 Å². The molecule has 0 rings (SSSR count). The predicted octanol–water partition coefficient (Wildman–Crippen LogP) is -0.618. The van der Waals surface area contributed by atoms with E-state index in [9.17, 15) is 9.59 Å². The molecular formula is C7H14N2O2S. The van der Waals surface area contributed by atoms with Crippen molar-refractivity contribution in [3.8, 4) is 0 Å². The van der Waals surface area contributed by atoms with Gasteiger partial charge in [0, 0.05) is 5.75 Å². The van der Waals surface area contributed by atoms with Gasteiger partial charge in [0.15, 0.2) is 0 Å². The third-order valence-electron chi connectivity index (χ3n) is 1.37. The van der Waals surface area contributed by atoms with Crippen LogP contribution in [0.15, 0.2) is 0 Å². The van der Waals surface area contributed by atoms with Crippen molar-refractivity contribution in [1.82, 2.24) is 5.32 Å². The van der Waals surface area contributed by atoms with Crippen molar-refractivity contribution in [1.29, 1.82) is 0 Å². The van der Waals surface area contributed by atoms with Gasteiger partial charge < -0.3 is 11.1 Å². The molecule has 0 fully saturated rings. The Balaban J connectivity index is 3.59. The van der Waals surface area contributed by atoms with Crippen molar-refractivity contribution >= 4 is 23.5 Å². The first-order valence-electron chi connectivity index (χ1n) is 3.61. The fourth-order valence-electron chi connectivity index (χ4n) is 0.681. The summed E-state index contributed by atoms with van der Waals surface area (Å²) in [5.41, 5.74) is 4.93. The van der Waals surface area contributed by atoms with E-state index in [4.69, 9.17) is 5.73 Å². The number of nitrogens with one attached hydrogen (secondary N) is 1. The molecule has 4 nitrogen and oxygen atoms in total. The highest BCUT2D eigenvalue weighted by Crippen LogP contribution is 2.02. The lowest BCUT2D eigenvalue weighted by Crippen LogP contribution is -2.35. The van der Waals surface area contributed by atoms with Crippen LogP contribution in [0.25, 0.3) is 0 Å². The minimum atomic E-state index is -0.349. The summed E-state index contributed by atoms with van der Waals surface area (Å²) in [6.07, 6.45) is 0. The van der Waals surface area contributed by atoms with Gasteiger partial charge in [-0.05, 0) is 14.0 Å². The molecule has 0 bridgehead atoms. The number of carbonyl (C=O) groups is 2. The number of primary amides is 1. The highest BCUT2D eigenvalue weighted by molar-refractivity contribution is 8.00. The average molecular weight is 190 g/mol. The maximum atomic E-state index is 10.9. The molecule has 12 heavy (non-hydrogen) atoms. The third-order valence-corrected chi connectivity index (χ3v) is 2.43. The second kappa shape index (κ2) is 6.02. The molecular weight excluding hydrogens is 176 g/mol. The number of nitrogens with two attached hydrogens (primary N) is 1. The predicted molar refractivity (Wildman–Crippen MR) is 50.0 cm³/mol. The van der Waals surface area contributed by atoms with E-state index in [-0.39, 0.29) is 23.5 Å². The SMILES string of the molecule is CN[C@@H](CSCC(N)=O)C(C)=O. The lowest BCUT2D eigenvalue weighted by Gasteiger charge is -2.10. The van der Waals surface area contributed by atoms with Crippen LogP contribution in [0, 0.1) is 0 Å². The topological polar surface area (TPSA) is 72.2 Å². The number of amides is 1. The standard InChI is InChI=1S/C7H14N2O2S/c1-5(10)6(9-2)3-12-4-7(8)11/h6,9H,3-4H2,1-2H3,(H2,8,11)/t6-/m0/s1. The average Bonchev–Trinajstić information content (AvgIpc) is 1.96. The quantitative estimate of drug-likeness (QED) is 0.585. The lowest BCUT2D eigenvalue weighted by molar-refractivity contribution is -0.118. The number of rotatable bonds is 6. The minimum absolute atomic E-state index is 0.0782. The lowest BCUT2D eigenvalue weighted by atomic mass is 10.2. The van der Waals surface area contributed by atoms with E-state index >= 15 is 0 Å². The zero-order chi connectivity index (χ0) is 9.56. The fraction of sp³-hybridized carbons (Fsp3) is 0.714. The Hall–Kier alpha value is -0.550. The summed E-state index contributed by atoms with van der Waals surface area (Å²) in [6, 6.07) is -0.172. The number of Topliss-reactive ketones (excluding diaryl/α,β-unsaturated/α-hetero) is 1. The highest BCUT2D eigenvalue weighted by atomic mass is 32.2. The third kappa shape index (κ3) is 5.15. The number of ketones is 1. The number of hydrogen-bond donors (Lipinski definition) is 2. The Morgan fingerprint density at radius 3 is 2.50 bits per heavy atom. The molecule has 0 aliphatic heterocycles. The number of likely N-dealkylation sites (N-methyl/N-ethyl adjacent to an activating group) is 1. The van der Waals surface area contributed by atoms with Gasteiger partial charge in [-0.1, -0.05) is 0 Å². The van der Waals surface area contributed by atoms with Crippen LogP contribution in [0.1, 0.15) is 6.92 Å². The number of thioether (sulfide) groups is 1. The van der Waals surface area contributed by atoms with Crippen LogP contribution >= 0.6 is 11.8 Å². The summed E-state index contributed by atoms with van der Waals surface area (Å²) in [7, 11) is 1.72. The first kappa shape index (κ1) is 11.4. The van der Waals surface area contributed by atoms with Crippen molar-refractivity contribution in [2.24, 2.45) is 5.73 Å². The van der Waals surface area contributed by atoms with E-state index in [1.807, 2.05) is 0 Å². The van der Waals surface area contributed by atoms with Gasteiger partial charge in [0.1, 0.15) is 5.78 Å². The minimum Gasteiger partial charge on any atom is -0.369 e. The molecule has 1 atom stereocenters. The second-order valence-corrected chi connectivity index (χ2v) is 3.46. The monoisotopic (exact) mass is 190 g/mol. The number of carbonyl (C=O) groups excluding carboxylic acids is 2. The zero-order valence-electron chi connectivity index (χ0n) is 7.29. The van der Waals surface area contributed by atoms with Crippen molar-refractivity contribution in [2.45, 2.75) is 13.0 Å². The van der Waals surface area contributed by atoms with E-state index in [1.165, 1.54) is 18.7 Å². The summed E-state index contributed by atoms with van der Waals surface area (Å²) in [6.45, 7) is 1.52. The van der Waals surface area contributed by atoms with Gasteiger partial charge in [0.25, 0.3) is 0 Å². The molecule has 0 aliphatic carbocycles. The molecule has 0 aromatic rings. The van der Waals surface area contributed by atoms with Crippen LogP contribution in [0.2, 0.25) is 0 Å². The fourth-order valence-corrected chi connectivity index (χ4v) is 1.64. The van der Waals surface area contributed by atoms with Crippen molar-refractivity contribution in [3.63, 3.8) is 0 Å². The maximum absolute atomic E-state index is 10.9. The van der Waals surface area contributed by atoms with Crippen LogP contribution in [-0.4, -0.2) is 36.3 Å². The van der Waals surface area contributed by atoms with E-state index < -0.39 is 0 Å². The van der Waals surface area contributed by atoms with Crippen LogP contribution in [0.5, 0.6) is 0 Å². The van der Waals surface area contributed by atoms with E-state index in [0.717, 1.165) is 0 Å². The van der Waals surface area contributed by atoms with E-state index in [2.05, 4.69) is 5.32 Å². The van der Waals surface area contributed by atoms with Gasteiger partial charge in [0.2, 0.25) is 5.91 Å². The van der Waals surface area contributed by atoms with Crippen molar-refractivity contribution in [2.75, 3.05) is 18.6 Å². The molecule has 0 aromatic heterocycles. The highest BCUT2D eigenvalue weighted by Gasteiger charge is 2.11. The van der Waals surface area contributed by atoms with Gasteiger partial charge >= 0.3 is 0 Å². The van der Waals surface area contributed by atoms with Crippen LogP contribution in [-0.2, 0) is 9.59 Å². The summed E-state index contributed by atoms with van der Waals surface area (Å²) < 4.78 is 0. The molecule has 5 heteroatoms. The van der Waals surface area contributed by atoms with Crippen LogP contribution < -0.4 is 11.1 Å². The Bertz CT molecular complexity index is 173. The smallest absolute Gasteiger partial charge is 0.227 e. The summed E-state index contributed by atoms with van der Waals surface area (Å²) in [5.74, 6) is 0.591. The first-order chi connectivity index (χ1) is 5.57. The summed E-state index contributed by atoms with van der Waals surface area (Å²) in [5, 5.41) is 2.85. The summed E-state index contributed by atoms with van der Waals surface area (Å²) >= 11 is 1.36. The first-order valence-corrected chi connectivity index (χ1v) is 4.77. The Kier molecular flexibility index (Phi) is 5.74. The van der Waals surface area contributed by atoms with Gasteiger partial charge in [-0.25, -0.2) is 0 Å². The molecule has 1 amide bonds.